The molecule has 7 nitrogen and oxygen atoms in total. The number of imidazole rings is 1. The molecule has 2 atom stereocenters. The Hall–Kier alpha value is -3.09. The number of aryl methyl sites for hydroxylation is 4. The van der Waals surface area contributed by atoms with Crippen LogP contribution in [0.2, 0.25) is 0 Å². The number of hydrogen-bond acceptors (Lipinski definition) is 5. The van der Waals surface area contributed by atoms with E-state index < -0.39 is 0 Å². The Labute approximate surface area is 157 Å². The van der Waals surface area contributed by atoms with Gasteiger partial charge in [-0.05, 0) is 51.8 Å². The summed E-state index contributed by atoms with van der Waals surface area (Å²) in [4.78, 5) is 18.5. The summed E-state index contributed by atoms with van der Waals surface area (Å²) in [6.07, 6.45) is 5.27. The highest BCUT2D eigenvalue weighted by Gasteiger charge is 2.42. The number of nitrogens with zero attached hydrogens (tertiary/aromatic N) is 7. The first kappa shape index (κ1) is 16.1. The van der Waals surface area contributed by atoms with Gasteiger partial charge in [-0.15, -0.1) is 5.10 Å². The highest BCUT2D eigenvalue weighted by Crippen LogP contribution is 2.53. The number of hydrogen-bond donors (Lipinski definition) is 0. The molecule has 2 unspecified atom stereocenters. The standard InChI is InChI=1S/C20H21N7/c1-11-5-6-26-10-18(24-19(26)7-11)16-8-15(16)17-9-20(23-12(2)22-17)27-14(4)21-13(3)25-27/h5-7,9-10,15-16H,8H2,1-4H3. The summed E-state index contributed by atoms with van der Waals surface area (Å²) in [5, 5.41) is 4.46. The summed E-state index contributed by atoms with van der Waals surface area (Å²) < 4.78 is 3.88. The summed E-state index contributed by atoms with van der Waals surface area (Å²) in [5.41, 5.74) is 4.42. The molecule has 1 aliphatic carbocycles. The fourth-order valence-corrected chi connectivity index (χ4v) is 3.74. The molecule has 0 aromatic carbocycles. The van der Waals surface area contributed by atoms with Crippen molar-refractivity contribution in [3.05, 3.63) is 65.0 Å². The highest BCUT2D eigenvalue weighted by atomic mass is 15.4. The van der Waals surface area contributed by atoms with E-state index in [1.54, 1.807) is 4.68 Å². The number of fused-ring (bicyclic) bond motifs is 1. The van der Waals surface area contributed by atoms with Crippen LogP contribution in [0.15, 0.2) is 30.6 Å². The van der Waals surface area contributed by atoms with Gasteiger partial charge in [0, 0.05) is 30.3 Å². The van der Waals surface area contributed by atoms with Crippen molar-refractivity contribution in [1.82, 2.24) is 34.1 Å². The average molecular weight is 359 g/mol. The second kappa shape index (κ2) is 5.70. The third kappa shape index (κ3) is 2.79. The first-order valence-corrected chi connectivity index (χ1v) is 9.19. The Morgan fingerprint density at radius 1 is 0.889 bits per heavy atom. The summed E-state index contributed by atoms with van der Waals surface area (Å²) in [7, 11) is 0. The van der Waals surface area contributed by atoms with Crippen molar-refractivity contribution in [3.8, 4) is 5.82 Å². The predicted molar refractivity (Wildman–Crippen MR) is 101 cm³/mol. The molecule has 4 aromatic heterocycles. The molecule has 5 rings (SSSR count). The van der Waals surface area contributed by atoms with Gasteiger partial charge in [-0.2, -0.15) is 4.68 Å². The molecule has 0 spiro atoms. The monoisotopic (exact) mass is 359 g/mol. The summed E-state index contributed by atoms with van der Waals surface area (Å²) >= 11 is 0. The number of aromatic nitrogens is 7. The van der Waals surface area contributed by atoms with Crippen LogP contribution in [0.4, 0.5) is 0 Å². The van der Waals surface area contributed by atoms with Crippen LogP contribution in [-0.2, 0) is 0 Å². The third-order valence-electron chi connectivity index (χ3n) is 5.12. The largest absolute Gasteiger partial charge is 0.307 e. The van der Waals surface area contributed by atoms with Gasteiger partial charge in [-0.1, -0.05) is 0 Å². The molecule has 0 amide bonds. The van der Waals surface area contributed by atoms with E-state index in [0.29, 0.717) is 11.8 Å². The van der Waals surface area contributed by atoms with E-state index in [0.717, 1.165) is 46.7 Å². The minimum absolute atomic E-state index is 0.376. The minimum Gasteiger partial charge on any atom is -0.307 e. The van der Waals surface area contributed by atoms with Gasteiger partial charge in [0.15, 0.2) is 5.82 Å². The van der Waals surface area contributed by atoms with Crippen LogP contribution in [0.25, 0.3) is 11.5 Å². The van der Waals surface area contributed by atoms with E-state index in [9.17, 15) is 0 Å². The first-order valence-electron chi connectivity index (χ1n) is 9.19. The highest BCUT2D eigenvalue weighted by molar-refractivity contribution is 5.45. The zero-order chi connectivity index (χ0) is 18.7. The van der Waals surface area contributed by atoms with Gasteiger partial charge in [-0.25, -0.2) is 19.9 Å². The SMILES string of the molecule is Cc1ccn2cc(C3CC3c3cc(-n4nc(C)nc4C)nc(C)n3)nc2c1. The van der Waals surface area contributed by atoms with Gasteiger partial charge < -0.3 is 4.40 Å². The Kier molecular flexibility index (Phi) is 3.40. The van der Waals surface area contributed by atoms with E-state index >= 15 is 0 Å². The first-order chi connectivity index (χ1) is 13.0. The lowest BCUT2D eigenvalue weighted by Crippen LogP contribution is -2.06. The van der Waals surface area contributed by atoms with Crippen molar-refractivity contribution < 1.29 is 0 Å². The third-order valence-corrected chi connectivity index (χ3v) is 5.12. The normalized spacial score (nSPS) is 19.0. The molecule has 0 aliphatic heterocycles. The zero-order valence-electron chi connectivity index (χ0n) is 15.9. The molecule has 27 heavy (non-hydrogen) atoms. The van der Waals surface area contributed by atoms with Crippen molar-refractivity contribution in [2.45, 2.75) is 46.0 Å². The maximum Gasteiger partial charge on any atom is 0.159 e. The van der Waals surface area contributed by atoms with Gasteiger partial charge in [0.25, 0.3) is 0 Å². The second-order valence-corrected chi connectivity index (χ2v) is 7.40. The molecule has 4 aromatic rings. The summed E-state index contributed by atoms with van der Waals surface area (Å²) in [6.45, 7) is 7.85. The molecular formula is C20H21N7. The summed E-state index contributed by atoms with van der Waals surface area (Å²) in [5.74, 6) is 3.90. The van der Waals surface area contributed by atoms with Crippen molar-refractivity contribution in [3.63, 3.8) is 0 Å². The van der Waals surface area contributed by atoms with E-state index in [1.165, 1.54) is 5.56 Å². The van der Waals surface area contributed by atoms with Crippen LogP contribution in [-0.4, -0.2) is 34.1 Å². The smallest absolute Gasteiger partial charge is 0.159 e. The van der Waals surface area contributed by atoms with Gasteiger partial charge in [0.1, 0.15) is 23.1 Å². The van der Waals surface area contributed by atoms with E-state index in [4.69, 9.17) is 9.97 Å². The summed E-state index contributed by atoms with van der Waals surface area (Å²) in [6, 6.07) is 6.26. The van der Waals surface area contributed by atoms with Crippen LogP contribution >= 0.6 is 0 Å². The van der Waals surface area contributed by atoms with Crippen molar-refractivity contribution in [2.24, 2.45) is 0 Å². The fraction of sp³-hybridized carbons (Fsp3) is 0.350. The van der Waals surface area contributed by atoms with Gasteiger partial charge in [0.05, 0.1) is 11.4 Å². The lowest BCUT2D eigenvalue weighted by molar-refractivity contribution is 0.778. The van der Waals surface area contributed by atoms with Crippen LogP contribution in [0.3, 0.4) is 0 Å². The van der Waals surface area contributed by atoms with Crippen LogP contribution in [0.1, 0.15) is 52.7 Å². The number of pyridine rings is 1. The molecule has 1 saturated carbocycles. The average Bonchev–Trinajstić information content (AvgIpc) is 3.20. The Balaban J connectivity index is 1.48. The predicted octanol–water partition coefficient (Wildman–Crippen LogP) is 3.21. The quantitative estimate of drug-likeness (QED) is 0.561. The zero-order valence-corrected chi connectivity index (χ0v) is 15.9. The van der Waals surface area contributed by atoms with Crippen LogP contribution in [0, 0.1) is 27.7 Å². The van der Waals surface area contributed by atoms with Crippen LogP contribution < -0.4 is 0 Å². The maximum absolute atomic E-state index is 4.82. The molecule has 136 valence electrons. The molecule has 7 heteroatoms. The van der Waals surface area contributed by atoms with E-state index in [2.05, 4.69) is 50.9 Å². The van der Waals surface area contributed by atoms with Crippen molar-refractivity contribution in [2.75, 3.05) is 0 Å². The molecule has 0 saturated heterocycles. The van der Waals surface area contributed by atoms with Crippen molar-refractivity contribution in [1.29, 1.82) is 0 Å². The number of rotatable bonds is 3. The maximum atomic E-state index is 4.82. The Morgan fingerprint density at radius 2 is 1.70 bits per heavy atom. The molecule has 0 bridgehead atoms. The lowest BCUT2D eigenvalue weighted by atomic mass is 10.2. The lowest BCUT2D eigenvalue weighted by Gasteiger charge is -2.06. The molecule has 0 N–H and O–H groups in total. The molecule has 1 aliphatic rings. The molecular weight excluding hydrogens is 338 g/mol. The Morgan fingerprint density at radius 3 is 2.48 bits per heavy atom. The fourth-order valence-electron chi connectivity index (χ4n) is 3.74. The van der Waals surface area contributed by atoms with Gasteiger partial charge in [0.2, 0.25) is 0 Å². The second-order valence-electron chi connectivity index (χ2n) is 7.40. The van der Waals surface area contributed by atoms with E-state index in [1.807, 2.05) is 26.8 Å². The van der Waals surface area contributed by atoms with E-state index in [-0.39, 0.29) is 0 Å². The molecule has 0 radical (unpaired) electrons. The topological polar surface area (TPSA) is 73.8 Å². The molecule has 4 heterocycles. The van der Waals surface area contributed by atoms with Gasteiger partial charge >= 0.3 is 0 Å². The minimum atomic E-state index is 0.376. The van der Waals surface area contributed by atoms with Gasteiger partial charge in [-0.3, -0.25) is 0 Å². The van der Waals surface area contributed by atoms with Crippen molar-refractivity contribution >= 4 is 5.65 Å². The van der Waals surface area contributed by atoms with Crippen LogP contribution in [0.5, 0.6) is 0 Å². The Bertz CT molecular complexity index is 1170. The molecule has 1 fully saturated rings.